The molecule has 4 nitrogen and oxygen atoms in total. The number of aliphatic hydroxyl groups is 1. The number of aliphatic hydroxyl groups excluding tert-OH is 1. The van der Waals surface area contributed by atoms with Crippen LogP contribution in [0, 0.1) is 0 Å². The molecule has 0 bridgehead atoms. The summed E-state index contributed by atoms with van der Waals surface area (Å²) in [7, 11) is 0. The quantitative estimate of drug-likeness (QED) is 0.792. The molecule has 2 N–H and O–H groups in total. The normalized spacial score (nSPS) is 13.3. The number of amides is 1. The number of benzene rings is 1. The van der Waals surface area contributed by atoms with Crippen LogP contribution in [0.1, 0.15) is 22.3 Å². The van der Waals surface area contributed by atoms with Gasteiger partial charge in [0.15, 0.2) is 0 Å². The zero-order chi connectivity index (χ0) is 13.7. The summed E-state index contributed by atoms with van der Waals surface area (Å²) in [4.78, 5) is 14.2. The number of nitrogens with zero attached hydrogens (tertiary/aromatic N) is 1. The molecule has 0 saturated carbocycles. The first kappa shape index (κ1) is 13.6. The molecule has 1 aliphatic rings. The van der Waals surface area contributed by atoms with Crippen molar-refractivity contribution in [2.24, 2.45) is 0 Å². The van der Waals surface area contributed by atoms with Gasteiger partial charge in [0.25, 0.3) is 5.91 Å². The lowest BCUT2D eigenvalue weighted by molar-refractivity contribution is 0.0741. The third-order valence-electron chi connectivity index (χ3n) is 3.33. The van der Waals surface area contributed by atoms with Gasteiger partial charge in [-0.05, 0) is 30.5 Å². The molecule has 1 aromatic carbocycles. The largest absolute Gasteiger partial charge is 0.395 e. The standard InChI is InChI=1S/C15H20N2O2/c1-2-9-17(10-11-18)15(19)13-5-3-7-14-12(13)6-4-8-16-14/h2-3,5,7,16,18H,1,4,6,8-11H2. The van der Waals surface area contributed by atoms with Crippen LogP contribution < -0.4 is 5.32 Å². The van der Waals surface area contributed by atoms with Crippen LogP contribution in [-0.4, -0.2) is 42.2 Å². The Bertz CT molecular complexity index is 471. The molecule has 0 atom stereocenters. The number of hydrogen-bond acceptors (Lipinski definition) is 3. The molecule has 1 aliphatic heterocycles. The minimum Gasteiger partial charge on any atom is -0.395 e. The molecule has 0 radical (unpaired) electrons. The second-order valence-electron chi connectivity index (χ2n) is 4.63. The summed E-state index contributed by atoms with van der Waals surface area (Å²) in [6.45, 7) is 5.37. The van der Waals surface area contributed by atoms with Crippen LogP contribution in [0.3, 0.4) is 0 Å². The molecular weight excluding hydrogens is 240 g/mol. The fourth-order valence-corrected chi connectivity index (χ4v) is 2.43. The summed E-state index contributed by atoms with van der Waals surface area (Å²) in [5.74, 6) is -0.0329. The van der Waals surface area contributed by atoms with Gasteiger partial charge in [0.1, 0.15) is 0 Å². The van der Waals surface area contributed by atoms with E-state index in [9.17, 15) is 4.79 Å². The molecule has 4 heteroatoms. The molecule has 19 heavy (non-hydrogen) atoms. The highest BCUT2D eigenvalue weighted by molar-refractivity contribution is 5.97. The van der Waals surface area contributed by atoms with Crippen molar-refractivity contribution >= 4 is 11.6 Å². The molecule has 102 valence electrons. The third kappa shape index (κ3) is 2.96. The molecule has 0 saturated heterocycles. The van der Waals surface area contributed by atoms with Crippen molar-refractivity contribution in [3.63, 3.8) is 0 Å². The fraction of sp³-hybridized carbons (Fsp3) is 0.400. The summed E-state index contributed by atoms with van der Waals surface area (Å²) in [6, 6.07) is 5.77. The highest BCUT2D eigenvalue weighted by Gasteiger charge is 2.20. The Balaban J connectivity index is 2.29. The first-order chi connectivity index (χ1) is 9.27. The number of carbonyl (C=O) groups excluding carboxylic acids is 1. The first-order valence-corrected chi connectivity index (χ1v) is 6.64. The van der Waals surface area contributed by atoms with E-state index in [-0.39, 0.29) is 12.5 Å². The maximum atomic E-state index is 12.5. The van der Waals surface area contributed by atoms with Crippen LogP contribution in [0.2, 0.25) is 0 Å². The molecule has 0 aliphatic carbocycles. The molecule has 1 amide bonds. The summed E-state index contributed by atoms with van der Waals surface area (Å²) in [5, 5.41) is 12.4. The molecule has 2 rings (SSSR count). The zero-order valence-corrected chi connectivity index (χ0v) is 11.1. The Morgan fingerprint density at radius 1 is 1.53 bits per heavy atom. The van der Waals surface area contributed by atoms with Crippen molar-refractivity contribution < 1.29 is 9.90 Å². The van der Waals surface area contributed by atoms with Crippen molar-refractivity contribution in [1.29, 1.82) is 0 Å². The number of hydrogen-bond donors (Lipinski definition) is 2. The topological polar surface area (TPSA) is 52.6 Å². The summed E-state index contributed by atoms with van der Waals surface area (Å²) >= 11 is 0. The highest BCUT2D eigenvalue weighted by Crippen LogP contribution is 2.26. The van der Waals surface area contributed by atoms with Crippen LogP contribution in [-0.2, 0) is 6.42 Å². The number of nitrogens with one attached hydrogen (secondary N) is 1. The lowest BCUT2D eigenvalue weighted by Crippen LogP contribution is -2.34. The third-order valence-corrected chi connectivity index (χ3v) is 3.33. The van der Waals surface area contributed by atoms with Crippen molar-refractivity contribution in [1.82, 2.24) is 4.90 Å². The number of anilines is 1. The Hall–Kier alpha value is -1.81. The number of fused-ring (bicyclic) bond motifs is 1. The van der Waals surface area contributed by atoms with E-state index in [0.717, 1.165) is 36.2 Å². The minimum atomic E-state index is -0.0349. The summed E-state index contributed by atoms with van der Waals surface area (Å²) in [5.41, 5.74) is 2.88. The number of carbonyl (C=O) groups is 1. The van der Waals surface area contributed by atoms with Crippen LogP contribution in [0.4, 0.5) is 5.69 Å². The average Bonchev–Trinajstić information content (AvgIpc) is 2.46. The predicted octanol–water partition coefficient (Wildman–Crippen LogP) is 1.67. The second-order valence-corrected chi connectivity index (χ2v) is 4.63. The smallest absolute Gasteiger partial charge is 0.254 e. The van der Waals surface area contributed by atoms with Gasteiger partial charge in [-0.2, -0.15) is 0 Å². The molecule has 0 unspecified atom stereocenters. The average molecular weight is 260 g/mol. The van der Waals surface area contributed by atoms with Gasteiger partial charge in [0.05, 0.1) is 6.61 Å². The second kappa shape index (κ2) is 6.38. The molecule has 0 spiro atoms. The molecule has 0 aromatic heterocycles. The van der Waals surface area contributed by atoms with E-state index in [2.05, 4.69) is 11.9 Å². The Labute approximate surface area is 113 Å². The molecule has 1 heterocycles. The first-order valence-electron chi connectivity index (χ1n) is 6.64. The molecular formula is C15H20N2O2. The van der Waals surface area contributed by atoms with Crippen molar-refractivity contribution in [3.8, 4) is 0 Å². The van der Waals surface area contributed by atoms with Crippen molar-refractivity contribution in [3.05, 3.63) is 42.0 Å². The SMILES string of the molecule is C=CCN(CCO)C(=O)c1cccc2c1CCCN2. The molecule has 0 fully saturated rings. The van der Waals surface area contributed by atoms with Crippen LogP contribution in [0.15, 0.2) is 30.9 Å². The van der Waals surface area contributed by atoms with E-state index in [1.807, 2.05) is 18.2 Å². The van der Waals surface area contributed by atoms with E-state index >= 15 is 0 Å². The van der Waals surface area contributed by atoms with E-state index in [1.165, 1.54) is 0 Å². The minimum absolute atomic E-state index is 0.0329. The van der Waals surface area contributed by atoms with Crippen molar-refractivity contribution in [2.75, 3.05) is 31.6 Å². The summed E-state index contributed by atoms with van der Waals surface area (Å²) in [6.07, 6.45) is 3.64. The zero-order valence-electron chi connectivity index (χ0n) is 11.1. The van der Waals surface area contributed by atoms with Crippen LogP contribution in [0.25, 0.3) is 0 Å². The monoisotopic (exact) mass is 260 g/mol. The van der Waals surface area contributed by atoms with E-state index in [4.69, 9.17) is 5.11 Å². The Kier molecular flexibility index (Phi) is 4.58. The predicted molar refractivity (Wildman–Crippen MR) is 76.4 cm³/mol. The lowest BCUT2D eigenvalue weighted by atomic mass is 9.97. The van der Waals surface area contributed by atoms with Gasteiger partial charge in [-0.15, -0.1) is 6.58 Å². The van der Waals surface area contributed by atoms with Crippen LogP contribution in [0.5, 0.6) is 0 Å². The van der Waals surface area contributed by atoms with Gasteiger partial charge in [0, 0.05) is 30.9 Å². The lowest BCUT2D eigenvalue weighted by Gasteiger charge is -2.25. The van der Waals surface area contributed by atoms with E-state index < -0.39 is 0 Å². The van der Waals surface area contributed by atoms with Gasteiger partial charge < -0.3 is 15.3 Å². The van der Waals surface area contributed by atoms with Gasteiger partial charge in [-0.1, -0.05) is 12.1 Å². The van der Waals surface area contributed by atoms with Gasteiger partial charge in [-0.3, -0.25) is 4.79 Å². The van der Waals surface area contributed by atoms with Gasteiger partial charge in [0.2, 0.25) is 0 Å². The molecule has 1 aromatic rings. The highest BCUT2D eigenvalue weighted by atomic mass is 16.3. The Morgan fingerprint density at radius 3 is 3.11 bits per heavy atom. The van der Waals surface area contributed by atoms with Crippen molar-refractivity contribution in [2.45, 2.75) is 12.8 Å². The Morgan fingerprint density at radius 2 is 2.37 bits per heavy atom. The van der Waals surface area contributed by atoms with E-state index in [1.54, 1.807) is 11.0 Å². The van der Waals surface area contributed by atoms with Gasteiger partial charge >= 0.3 is 0 Å². The maximum absolute atomic E-state index is 12.5. The fourth-order valence-electron chi connectivity index (χ4n) is 2.43. The maximum Gasteiger partial charge on any atom is 0.254 e. The van der Waals surface area contributed by atoms with E-state index in [0.29, 0.717) is 13.1 Å². The summed E-state index contributed by atoms with van der Waals surface area (Å²) < 4.78 is 0. The van der Waals surface area contributed by atoms with Gasteiger partial charge in [-0.25, -0.2) is 0 Å². The van der Waals surface area contributed by atoms with Crippen LogP contribution >= 0.6 is 0 Å². The number of rotatable bonds is 5.